The fourth-order valence-electron chi connectivity index (χ4n) is 2.71. The Bertz CT molecular complexity index is 757. The number of ether oxygens (including phenoxy) is 3. The molecule has 126 valence electrons. The number of rotatable bonds is 4. The second-order valence-corrected chi connectivity index (χ2v) is 5.78. The van der Waals surface area contributed by atoms with Crippen molar-refractivity contribution in [3.05, 3.63) is 53.1 Å². The predicted molar refractivity (Wildman–Crippen MR) is 91.0 cm³/mol. The molecule has 1 heterocycles. The molecule has 5 nitrogen and oxygen atoms in total. The third-order valence-electron chi connectivity index (χ3n) is 4.07. The highest BCUT2D eigenvalue weighted by Gasteiger charge is 2.17. The van der Waals surface area contributed by atoms with Gasteiger partial charge in [-0.3, -0.25) is 4.79 Å². The van der Waals surface area contributed by atoms with Gasteiger partial charge in [-0.05, 0) is 55.3 Å². The van der Waals surface area contributed by atoms with Crippen LogP contribution >= 0.6 is 0 Å². The number of fused-ring (bicyclic) bond motifs is 1. The first-order chi connectivity index (χ1) is 11.6. The summed E-state index contributed by atoms with van der Waals surface area (Å²) in [6, 6.07) is 11.0. The number of hydrogen-bond donors (Lipinski definition) is 1. The summed E-state index contributed by atoms with van der Waals surface area (Å²) in [7, 11) is 1.62. The highest BCUT2D eigenvalue weighted by molar-refractivity contribution is 5.94. The van der Waals surface area contributed by atoms with Gasteiger partial charge in [0.15, 0.2) is 11.5 Å². The third kappa shape index (κ3) is 3.30. The van der Waals surface area contributed by atoms with Gasteiger partial charge in [-0.25, -0.2) is 0 Å². The zero-order chi connectivity index (χ0) is 17.1. The summed E-state index contributed by atoms with van der Waals surface area (Å²) in [6.07, 6.45) is 0. The molecule has 1 amide bonds. The highest BCUT2D eigenvalue weighted by Crippen LogP contribution is 2.32. The van der Waals surface area contributed by atoms with Crippen molar-refractivity contribution in [1.82, 2.24) is 5.32 Å². The van der Waals surface area contributed by atoms with E-state index in [-0.39, 0.29) is 11.9 Å². The molecular formula is C19H21NO4. The van der Waals surface area contributed by atoms with Gasteiger partial charge in [0.25, 0.3) is 5.91 Å². The molecule has 0 spiro atoms. The minimum absolute atomic E-state index is 0.122. The van der Waals surface area contributed by atoms with E-state index in [2.05, 4.69) is 5.32 Å². The van der Waals surface area contributed by atoms with E-state index in [9.17, 15) is 4.79 Å². The van der Waals surface area contributed by atoms with E-state index in [0.29, 0.717) is 18.8 Å². The molecule has 0 aromatic heterocycles. The Morgan fingerprint density at radius 2 is 1.88 bits per heavy atom. The van der Waals surface area contributed by atoms with Crippen LogP contribution in [-0.2, 0) is 0 Å². The molecule has 1 atom stereocenters. The van der Waals surface area contributed by atoms with Crippen LogP contribution in [0.25, 0.3) is 0 Å². The summed E-state index contributed by atoms with van der Waals surface area (Å²) < 4.78 is 16.3. The van der Waals surface area contributed by atoms with Crippen LogP contribution in [0.5, 0.6) is 17.2 Å². The molecule has 0 aliphatic carbocycles. The Balaban J connectivity index is 1.73. The van der Waals surface area contributed by atoms with E-state index < -0.39 is 0 Å². The molecule has 3 rings (SSSR count). The van der Waals surface area contributed by atoms with Crippen LogP contribution in [0.4, 0.5) is 0 Å². The smallest absolute Gasteiger partial charge is 0.251 e. The SMILES string of the molecule is COc1ccc(C(=O)N[C@@H](C)c2ccc3c(c2)OCCO3)cc1C. The van der Waals surface area contributed by atoms with E-state index in [1.165, 1.54) is 0 Å². The lowest BCUT2D eigenvalue weighted by molar-refractivity contribution is 0.0939. The Morgan fingerprint density at radius 1 is 1.12 bits per heavy atom. The van der Waals surface area contributed by atoms with Crippen LogP contribution < -0.4 is 19.5 Å². The standard InChI is InChI=1S/C19H21NO4/c1-12-10-15(5-6-16(12)22-3)19(21)20-13(2)14-4-7-17-18(11-14)24-9-8-23-17/h4-7,10-11,13H,8-9H2,1-3H3,(H,20,21)/t13-/m0/s1. The van der Waals surface area contributed by atoms with Crippen LogP contribution in [0.15, 0.2) is 36.4 Å². The third-order valence-corrected chi connectivity index (χ3v) is 4.07. The Kier molecular flexibility index (Phi) is 4.60. The number of benzene rings is 2. The summed E-state index contributed by atoms with van der Waals surface area (Å²) >= 11 is 0. The van der Waals surface area contributed by atoms with Crippen LogP contribution in [0, 0.1) is 6.92 Å². The molecule has 0 saturated carbocycles. The maximum Gasteiger partial charge on any atom is 0.251 e. The van der Waals surface area contributed by atoms with Crippen LogP contribution in [0.3, 0.4) is 0 Å². The van der Waals surface area contributed by atoms with Crippen molar-refractivity contribution in [3.63, 3.8) is 0 Å². The number of carbonyl (C=O) groups is 1. The quantitative estimate of drug-likeness (QED) is 0.936. The zero-order valence-electron chi connectivity index (χ0n) is 14.1. The summed E-state index contributed by atoms with van der Waals surface area (Å²) in [4.78, 5) is 12.5. The van der Waals surface area contributed by atoms with Gasteiger partial charge in [0.1, 0.15) is 19.0 Å². The van der Waals surface area contributed by atoms with Gasteiger partial charge in [-0.1, -0.05) is 6.07 Å². The van der Waals surface area contributed by atoms with Crippen molar-refractivity contribution in [2.45, 2.75) is 19.9 Å². The van der Waals surface area contributed by atoms with E-state index >= 15 is 0 Å². The van der Waals surface area contributed by atoms with Crippen molar-refractivity contribution in [1.29, 1.82) is 0 Å². The van der Waals surface area contributed by atoms with Crippen LogP contribution in [0.1, 0.15) is 34.5 Å². The van der Waals surface area contributed by atoms with E-state index in [0.717, 1.165) is 28.4 Å². The van der Waals surface area contributed by atoms with E-state index in [1.54, 1.807) is 19.2 Å². The second-order valence-electron chi connectivity index (χ2n) is 5.78. The lowest BCUT2D eigenvalue weighted by Gasteiger charge is -2.21. The number of methoxy groups -OCH3 is 1. The molecule has 0 fully saturated rings. The molecule has 0 unspecified atom stereocenters. The molecule has 0 saturated heterocycles. The molecular weight excluding hydrogens is 306 g/mol. The molecule has 24 heavy (non-hydrogen) atoms. The fraction of sp³-hybridized carbons (Fsp3) is 0.316. The van der Waals surface area contributed by atoms with Crippen molar-refractivity contribution in [2.24, 2.45) is 0 Å². The van der Waals surface area contributed by atoms with Crippen LogP contribution in [-0.4, -0.2) is 26.2 Å². The number of aryl methyl sites for hydroxylation is 1. The lowest BCUT2D eigenvalue weighted by atomic mass is 10.1. The Labute approximate surface area is 141 Å². The average Bonchev–Trinajstić information content (AvgIpc) is 2.61. The topological polar surface area (TPSA) is 56.8 Å². The first-order valence-corrected chi connectivity index (χ1v) is 7.93. The number of hydrogen-bond acceptors (Lipinski definition) is 4. The monoisotopic (exact) mass is 327 g/mol. The van der Waals surface area contributed by atoms with Gasteiger partial charge in [0, 0.05) is 5.56 Å². The summed E-state index contributed by atoms with van der Waals surface area (Å²) in [5.41, 5.74) is 2.51. The average molecular weight is 327 g/mol. The lowest BCUT2D eigenvalue weighted by Crippen LogP contribution is -2.27. The van der Waals surface area contributed by atoms with Crippen molar-refractivity contribution >= 4 is 5.91 Å². The molecule has 2 aromatic rings. The normalized spacial score (nSPS) is 14.0. The molecule has 1 aliphatic heterocycles. The summed E-state index contributed by atoms with van der Waals surface area (Å²) in [5, 5.41) is 3.01. The highest BCUT2D eigenvalue weighted by atomic mass is 16.6. The largest absolute Gasteiger partial charge is 0.496 e. The maximum absolute atomic E-state index is 12.5. The minimum atomic E-state index is -0.143. The van der Waals surface area contributed by atoms with Crippen LogP contribution in [0.2, 0.25) is 0 Å². The Hall–Kier alpha value is -2.69. The molecule has 2 aromatic carbocycles. The van der Waals surface area contributed by atoms with Gasteiger partial charge < -0.3 is 19.5 Å². The van der Waals surface area contributed by atoms with Gasteiger partial charge >= 0.3 is 0 Å². The molecule has 1 aliphatic rings. The Morgan fingerprint density at radius 3 is 2.58 bits per heavy atom. The number of carbonyl (C=O) groups excluding carboxylic acids is 1. The molecule has 0 radical (unpaired) electrons. The molecule has 0 bridgehead atoms. The van der Waals surface area contributed by atoms with Gasteiger partial charge in [0.05, 0.1) is 13.2 Å². The molecule has 1 N–H and O–H groups in total. The minimum Gasteiger partial charge on any atom is -0.496 e. The van der Waals surface area contributed by atoms with Gasteiger partial charge in [-0.15, -0.1) is 0 Å². The maximum atomic E-state index is 12.5. The summed E-state index contributed by atoms with van der Waals surface area (Å²) in [6.45, 7) is 4.97. The first-order valence-electron chi connectivity index (χ1n) is 7.93. The second kappa shape index (κ2) is 6.83. The van der Waals surface area contributed by atoms with Crippen molar-refractivity contribution in [2.75, 3.05) is 20.3 Å². The first kappa shape index (κ1) is 16.2. The summed E-state index contributed by atoms with van der Waals surface area (Å²) in [5.74, 6) is 2.11. The number of amides is 1. The number of nitrogens with one attached hydrogen (secondary N) is 1. The fourth-order valence-corrected chi connectivity index (χ4v) is 2.71. The zero-order valence-corrected chi connectivity index (χ0v) is 14.1. The van der Waals surface area contributed by atoms with Gasteiger partial charge in [-0.2, -0.15) is 0 Å². The van der Waals surface area contributed by atoms with Gasteiger partial charge in [0.2, 0.25) is 0 Å². The van der Waals surface area contributed by atoms with E-state index in [4.69, 9.17) is 14.2 Å². The molecule has 5 heteroatoms. The van der Waals surface area contributed by atoms with E-state index in [1.807, 2.05) is 38.1 Å². The predicted octanol–water partition coefficient (Wildman–Crippen LogP) is 3.27. The van der Waals surface area contributed by atoms with Crippen molar-refractivity contribution in [3.8, 4) is 17.2 Å². The van der Waals surface area contributed by atoms with Crippen molar-refractivity contribution < 1.29 is 19.0 Å².